The first kappa shape index (κ1) is 16.6. The molecule has 2 aromatic carbocycles. The topological polar surface area (TPSA) is 52.2 Å². The van der Waals surface area contributed by atoms with Gasteiger partial charge in [-0.15, -0.1) is 5.10 Å². The van der Waals surface area contributed by atoms with Gasteiger partial charge in [-0.25, -0.2) is 18.9 Å². The number of benzene rings is 2. The molecule has 0 fully saturated rings. The Morgan fingerprint density at radius 2 is 1.85 bits per heavy atom. The molecular formula is C20H18N4OS. The average Bonchev–Trinajstić information content (AvgIpc) is 2.97. The Labute approximate surface area is 155 Å². The number of aromatic nitrogens is 4. The highest BCUT2D eigenvalue weighted by molar-refractivity contribution is 7.98. The highest BCUT2D eigenvalue weighted by Gasteiger charge is 2.12. The van der Waals surface area contributed by atoms with Gasteiger partial charge in [-0.3, -0.25) is 0 Å². The van der Waals surface area contributed by atoms with Crippen molar-refractivity contribution in [3.05, 3.63) is 94.2 Å². The molecule has 2 aromatic heterocycles. The van der Waals surface area contributed by atoms with Crippen molar-refractivity contribution < 1.29 is 0 Å². The SMILES string of the molecule is Cc1cccc(Cn2nc3c(SCc4ccccc4)nccn3c2=O)c1. The van der Waals surface area contributed by atoms with E-state index in [9.17, 15) is 4.79 Å². The smallest absolute Gasteiger partial charge is 0.246 e. The van der Waals surface area contributed by atoms with Crippen molar-refractivity contribution in [3.8, 4) is 0 Å². The Morgan fingerprint density at radius 1 is 1.04 bits per heavy atom. The van der Waals surface area contributed by atoms with E-state index in [0.717, 1.165) is 16.3 Å². The molecule has 0 radical (unpaired) electrons. The first-order chi connectivity index (χ1) is 12.7. The summed E-state index contributed by atoms with van der Waals surface area (Å²) in [5.74, 6) is 0.784. The quantitative estimate of drug-likeness (QED) is 0.510. The van der Waals surface area contributed by atoms with E-state index in [1.165, 1.54) is 15.8 Å². The average molecular weight is 362 g/mol. The molecule has 0 aliphatic rings. The van der Waals surface area contributed by atoms with Gasteiger partial charge < -0.3 is 0 Å². The van der Waals surface area contributed by atoms with Gasteiger partial charge in [0.2, 0.25) is 0 Å². The molecule has 2 heterocycles. The second-order valence-corrected chi connectivity index (χ2v) is 7.09. The molecule has 4 rings (SSSR count). The third-order valence-corrected chi connectivity index (χ3v) is 5.14. The predicted molar refractivity (Wildman–Crippen MR) is 104 cm³/mol. The molecule has 0 atom stereocenters. The van der Waals surface area contributed by atoms with Crippen molar-refractivity contribution in [2.75, 3.05) is 0 Å². The van der Waals surface area contributed by atoms with Crippen molar-refractivity contribution in [1.29, 1.82) is 0 Å². The Hall–Kier alpha value is -2.86. The van der Waals surface area contributed by atoms with E-state index in [-0.39, 0.29) is 5.69 Å². The number of hydrogen-bond acceptors (Lipinski definition) is 4. The molecule has 0 bridgehead atoms. The zero-order valence-corrected chi connectivity index (χ0v) is 15.2. The molecule has 0 amide bonds. The molecule has 4 aromatic rings. The number of hydrogen-bond donors (Lipinski definition) is 0. The van der Waals surface area contributed by atoms with E-state index in [1.54, 1.807) is 28.6 Å². The highest BCUT2D eigenvalue weighted by atomic mass is 32.2. The van der Waals surface area contributed by atoms with Crippen molar-refractivity contribution in [1.82, 2.24) is 19.2 Å². The predicted octanol–water partition coefficient (Wildman–Crippen LogP) is 3.54. The van der Waals surface area contributed by atoms with Crippen LogP contribution in [-0.2, 0) is 12.3 Å². The van der Waals surface area contributed by atoms with Gasteiger partial charge in [0.15, 0.2) is 5.65 Å². The second kappa shape index (κ2) is 7.17. The lowest BCUT2D eigenvalue weighted by Gasteiger charge is -2.02. The van der Waals surface area contributed by atoms with Crippen molar-refractivity contribution in [2.45, 2.75) is 24.2 Å². The summed E-state index contributed by atoms with van der Waals surface area (Å²) in [6, 6.07) is 18.3. The molecule has 0 spiro atoms. The zero-order valence-electron chi connectivity index (χ0n) is 14.4. The summed E-state index contributed by atoms with van der Waals surface area (Å²) >= 11 is 1.59. The largest absolute Gasteiger partial charge is 0.350 e. The van der Waals surface area contributed by atoms with E-state index in [1.807, 2.05) is 43.3 Å². The van der Waals surface area contributed by atoms with Crippen LogP contribution in [0.15, 0.2) is 76.8 Å². The molecule has 0 saturated heterocycles. The molecule has 5 nitrogen and oxygen atoms in total. The first-order valence-corrected chi connectivity index (χ1v) is 9.36. The fraction of sp³-hybridized carbons (Fsp3) is 0.150. The Balaban J connectivity index is 1.65. The Bertz CT molecular complexity index is 1100. The summed E-state index contributed by atoms with van der Waals surface area (Å²) in [5, 5.41) is 5.29. The van der Waals surface area contributed by atoms with Gasteiger partial charge in [-0.1, -0.05) is 71.9 Å². The molecule has 0 saturated carbocycles. The van der Waals surface area contributed by atoms with Gasteiger partial charge in [-0.2, -0.15) is 0 Å². The molecule has 26 heavy (non-hydrogen) atoms. The van der Waals surface area contributed by atoms with Crippen LogP contribution in [0.1, 0.15) is 16.7 Å². The molecule has 130 valence electrons. The molecule has 0 unspecified atom stereocenters. The van der Waals surface area contributed by atoms with E-state index < -0.39 is 0 Å². The maximum atomic E-state index is 12.7. The van der Waals surface area contributed by atoms with Gasteiger partial charge in [-0.05, 0) is 18.1 Å². The summed E-state index contributed by atoms with van der Waals surface area (Å²) in [7, 11) is 0. The van der Waals surface area contributed by atoms with Crippen LogP contribution in [0.2, 0.25) is 0 Å². The monoisotopic (exact) mass is 362 g/mol. The molecule has 0 aliphatic carbocycles. The summed E-state index contributed by atoms with van der Waals surface area (Å²) in [4.78, 5) is 17.1. The summed E-state index contributed by atoms with van der Waals surface area (Å²) in [6.07, 6.45) is 3.32. The minimum absolute atomic E-state index is 0.148. The number of fused-ring (bicyclic) bond motifs is 1. The van der Waals surface area contributed by atoms with Crippen LogP contribution in [0.5, 0.6) is 0 Å². The summed E-state index contributed by atoms with van der Waals surface area (Å²) in [5.41, 5.74) is 3.89. The molecular weight excluding hydrogens is 344 g/mol. The number of nitrogens with zero attached hydrogens (tertiary/aromatic N) is 4. The van der Waals surface area contributed by atoms with Crippen molar-refractivity contribution in [3.63, 3.8) is 0 Å². The van der Waals surface area contributed by atoms with Crippen LogP contribution in [0.3, 0.4) is 0 Å². The van der Waals surface area contributed by atoms with Gasteiger partial charge in [0.05, 0.1) is 6.54 Å². The van der Waals surface area contributed by atoms with Crippen LogP contribution in [-0.4, -0.2) is 19.2 Å². The van der Waals surface area contributed by atoms with Gasteiger partial charge >= 0.3 is 5.69 Å². The zero-order chi connectivity index (χ0) is 17.9. The highest BCUT2D eigenvalue weighted by Crippen LogP contribution is 2.23. The lowest BCUT2D eigenvalue weighted by molar-refractivity contribution is 0.658. The number of rotatable bonds is 5. The maximum absolute atomic E-state index is 12.7. The number of aryl methyl sites for hydroxylation is 1. The molecule has 6 heteroatoms. The minimum Gasteiger partial charge on any atom is -0.246 e. The lowest BCUT2D eigenvalue weighted by atomic mass is 10.1. The van der Waals surface area contributed by atoms with Crippen LogP contribution in [0.4, 0.5) is 0 Å². The molecule has 0 aliphatic heterocycles. The van der Waals surface area contributed by atoms with Gasteiger partial charge in [0.1, 0.15) is 5.03 Å². The van der Waals surface area contributed by atoms with Crippen LogP contribution < -0.4 is 5.69 Å². The fourth-order valence-corrected chi connectivity index (χ4v) is 3.74. The van der Waals surface area contributed by atoms with Crippen LogP contribution in [0.25, 0.3) is 5.65 Å². The third kappa shape index (κ3) is 3.41. The van der Waals surface area contributed by atoms with Crippen LogP contribution in [0, 0.1) is 6.92 Å². The standard InChI is InChI=1S/C20H18N4OS/c1-15-6-5-9-17(12-15)13-24-20(25)23-11-10-21-19(18(23)22-24)26-14-16-7-3-2-4-8-16/h2-12H,13-14H2,1H3. The first-order valence-electron chi connectivity index (χ1n) is 8.37. The van der Waals surface area contributed by atoms with Gasteiger partial charge in [0, 0.05) is 18.1 Å². The van der Waals surface area contributed by atoms with E-state index in [2.05, 4.69) is 28.3 Å². The van der Waals surface area contributed by atoms with E-state index in [4.69, 9.17) is 0 Å². The van der Waals surface area contributed by atoms with E-state index in [0.29, 0.717) is 12.2 Å². The fourth-order valence-electron chi connectivity index (χ4n) is 2.84. The normalized spacial score (nSPS) is 11.1. The molecule has 0 N–H and O–H groups in total. The minimum atomic E-state index is -0.148. The second-order valence-electron chi connectivity index (χ2n) is 6.13. The summed E-state index contributed by atoms with van der Waals surface area (Å²) < 4.78 is 3.06. The number of thioether (sulfide) groups is 1. The lowest BCUT2D eigenvalue weighted by Crippen LogP contribution is -2.21. The van der Waals surface area contributed by atoms with E-state index >= 15 is 0 Å². The summed E-state index contributed by atoms with van der Waals surface area (Å²) in [6.45, 7) is 2.49. The van der Waals surface area contributed by atoms with Crippen molar-refractivity contribution in [2.24, 2.45) is 0 Å². The Morgan fingerprint density at radius 3 is 2.65 bits per heavy atom. The maximum Gasteiger partial charge on any atom is 0.350 e. The van der Waals surface area contributed by atoms with Crippen molar-refractivity contribution >= 4 is 17.4 Å². The van der Waals surface area contributed by atoms with Gasteiger partial charge in [0.25, 0.3) is 0 Å². The Kier molecular flexibility index (Phi) is 4.58. The van der Waals surface area contributed by atoms with Crippen LogP contribution >= 0.6 is 11.8 Å². The third-order valence-electron chi connectivity index (χ3n) is 4.10.